The molecule has 5 fully saturated rings. The van der Waals surface area contributed by atoms with Crippen LogP contribution in [-0.4, -0.2) is 161 Å². The number of amides is 2. The molecule has 6 atom stereocenters. The summed E-state index contributed by atoms with van der Waals surface area (Å²) in [5, 5.41) is 50.2. The summed E-state index contributed by atoms with van der Waals surface area (Å²) in [5.41, 5.74) is 8.51. The molecule has 4 saturated heterocycles. The average molecular weight is 1190 g/mol. The second-order valence-corrected chi connectivity index (χ2v) is 26.0. The number of fused-ring (bicyclic) bond motifs is 4. The van der Waals surface area contributed by atoms with Gasteiger partial charge in [0.2, 0.25) is 21.8 Å². The fraction of sp³-hybridized carbons (Fsp3) is 0.452. The minimum Gasteiger partial charge on any atom is -0.486 e. The van der Waals surface area contributed by atoms with Crippen molar-refractivity contribution in [3.8, 4) is 45.4 Å². The number of piperidine rings is 1. The van der Waals surface area contributed by atoms with Crippen molar-refractivity contribution in [3.63, 3.8) is 0 Å². The van der Waals surface area contributed by atoms with Crippen LogP contribution >= 0.6 is 0 Å². The summed E-state index contributed by atoms with van der Waals surface area (Å²) < 4.78 is 59.8. The molecule has 13 rings (SSSR count). The van der Waals surface area contributed by atoms with Gasteiger partial charge in [-0.2, -0.15) is 20.2 Å². The Morgan fingerprint density at radius 1 is 0.942 bits per heavy atom. The van der Waals surface area contributed by atoms with Crippen molar-refractivity contribution in [3.05, 3.63) is 113 Å². The van der Waals surface area contributed by atoms with Gasteiger partial charge in [-0.05, 0) is 104 Å². The van der Waals surface area contributed by atoms with E-state index in [0.717, 1.165) is 82.5 Å². The zero-order valence-electron chi connectivity index (χ0n) is 48.7. The Morgan fingerprint density at radius 2 is 1.71 bits per heavy atom. The Kier molecular flexibility index (Phi) is 15.3. The number of hydrogen-bond donors (Lipinski definition) is 5. The number of aromatic amines is 1. The number of aryl methyl sites for hydroxylation is 1. The summed E-state index contributed by atoms with van der Waals surface area (Å²) >= 11 is 0. The van der Waals surface area contributed by atoms with Crippen molar-refractivity contribution in [1.82, 2.24) is 64.8 Å². The molecule has 86 heavy (non-hydrogen) atoms. The number of H-pyrrole nitrogens is 1. The Morgan fingerprint density at radius 3 is 2.40 bits per heavy atom. The molecule has 1 aliphatic carbocycles. The van der Waals surface area contributed by atoms with Gasteiger partial charge in [-0.25, -0.2) is 21.8 Å². The van der Waals surface area contributed by atoms with Crippen molar-refractivity contribution in [1.29, 1.82) is 0 Å². The second-order valence-electron chi connectivity index (χ2n) is 24.0. The number of β-amino-alcohol motifs (C(OH)–C–C–N with tert-alkyl or cyclic N) is 1. The van der Waals surface area contributed by atoms with E-state index in [1.54, 1.807) is 25.5 Å². The lowest BCUT2D eigenvalue weighted by Crippen LogP contribution is -2.50. The fourth-order valence-electron chi connectivity index (χ4n) is 13.2. The Labute approximate surface area is 497 Å². The van der Waals surface area contributed by atoms with E-state index in [-0.39, 0.29) is 62.0 Å². The summed E-state index contributed by atoms with van der Waals surface area (Å²) in [7, 11) is -3.37. The summed E-state index contributed by atoms with van der Waals surface area (Å²) in [6, 6.07) is 18.8. The van der Waals surface area contributed by atoms with Gasteiger partial charge in [0.05, 0.1) is 48.6 Å². The van der Waals surface area contributed by atoms with E-state index >= 15 is 4.39 Å². The Hall–Kier alpha value is -7.90. The van der Waals surface area contributed by atoms with Gasteiger partial charge in [-0.3, -0.25) is 19.4 Å². The highest BCUT2D eigenvalue weighted by Crippen LogP contribution is 2.54. The van der Waals surface area contributed by atoms with Crippen LogP contribution in [0, 0.1) is 18.7 Å². The van der Waals surface area contributed by atoms with Gasteiger partial charge in [0, 0.05) is 91.4 Å². The molecule has 2 bridgehead atoms. The molecule has 1 saturated carbocycles. The number of likely N-dealkylation sites (tertiary alicyclic amines) is 1. The van der Waals surface area contributed by atoms with E-state index in [4.69, 9.17) is 19.4 Å². The maximum absolute atomic E-state index is 16.2. The van der Waals surface area contributed by atoms with Crippen LogP contribution in [0.3, 0.4) is 0 Å². The van der Waals surface area contributed by atoms with Crippen LogP contribution < -0.4 is 25.0 Å². The molecule has 450 valence electrons. The molecule has 2 amide bonds. The lowest BCUT2D eigenvalue weighted by atomic mass is 9.88. The molecular formula is C62H71FN14O8S. The van der Waals surface area contributed by atoms with Crippen molar-refractivity contribution in [2.24, 2.45) is 5.92 Å². The molecule has 24 heteroatoms. The molecule has 5 aliphatic rings. The number of carbonyl (C=O) groups excluding carboxylic acids is 2. The van der Waals surface area contributed by atoms with Crippen molar-refractivity contribution in [2.75, 3.05) is 50.5 Å². The number of nitrogens with one attached hydrogen (secondary N) is 3. The number of ether oxygens (including phenoxy) is 2. The Bertz CT molecular complexity index is 3970. The highest BCUT2D eigenvalue weighted by molar-refractivity contribution is 7.88. The molecule has 4 aromatic carbocycles. The van der Waals surface area contributed by atoms with Crippen LogP contribution in [0.15, 0.2) is 85.3 Å². The number of anilines is 1. The smallest absolute Gasteiger partial charge is 0.319 e. The molecule has 5 N–H and O–H groups in total. The Balaban J connectivity index is 0.785. The highest BCUT2D eigenvalue weighted by Gasteiger charge is 2.44. The fourth-order valence-corrected chi connectivity index (χ4v) is 14.1. The average Bonchev–Trinajstić information content (AvgIpc) is 3.04. The number of benzene rings is 4. The molecule has 8 aromatic rings. The van der Waals surface area contributed by atoms with Gasteiger partial charge in [0.25, 0.3) is 0 Å². The number of nitrogens with zero attached hydrogens (tertiary/aromatic N) is 11. The van der Waals surface area contributed by atoms with Gasteiger partial charge in [0.1, 0.15) is 47.6 Å². The first-order chi connectivity index (χ1) is 41.5. The van der Waals surface area contributed by atoms with Crippen LogP contribution in [0.25, 0.3) is 55.4 Å². The van der Waals surface area contributed by atoms with E-state index in [9.17, 15) is 28.2 Å². The van der Waals surface area contributed by atoms with Crippen LogP contribution in [-0.2, 0) is 32.8 Å². The molecular weight excluding hydrogens is 1120 g/mol. The van der Waals surface area contributed by atoms with Gasteiger partial charge in [-0.1, -0.05) is 67.6 Å². The summed E-state index contributed by atoms with van der Waals surface area (Å²) in [6.45, 7) is 10.1. The lowest BCUT2D eigenvalue weighted by molar-refractivity contribution is -0.142. The number of sulfonamides is 1. The maximum atomic E-state index is 16.2. The molecule has 4 aliphatic heterocycles. The van der Waals surface area contributed by atoms with Crippen LogP contribution in [0.2, 0.25) is 0 Å². The maximum Gasteiger partial charge on any atom is 0.319 e. The molecule has 0 radical (unpaired) electrons. The van der Waals surface area contributed by atoms with Crippen LogP contribution in [0.5, 0.6) is 11.8 Å². The van der Waals surface area contributed by atoms with E-state index in [1.165, 1.54) is 26.2 Å². The van der Waals surface area contributed by atoms with Gasteiger partial charge < -0.3 is 40.1 Å². The number of hydrogen-bond acceptors (Lipinski definition) is 16. The third kappa shape index (κ3) is 10.9. The minimum atomic E-state index is -3.37. The predicted octanol–water partition coefficient (Wildman–Crippen LogP) is 6.58. The number of rotatable bonds is 19. The third-order valence-corrected chi connectivity index (χ3v) is 19.2. The van der Waals surface area contributed by atoms with Gasteiger partial charge >= 0.3 is 6.01 Å². The highest BCUT2D eigenvalue weighted by atomic mass is 32.2. The molecule has 4 aromatic heterocycles. The first-order valence-corrected chi connectivity index (χ1v) is 31.6. The second kappa shape index (κ2) is 23.1. The van der Waals surface area contributed by atoms with Crippen molar-refractivity contribution >= 4 is 49.5 Å². The molecule has 8 heterocycles. The largest absolute Gasteiger partial charge is 0.486 e. The molecule has 0 spiro atoms. The van der Waals surface area contributed by atoms with E-state index < -0.39 is 46.1 Å². The molecule has 0 unspecified atom stereocenters. The topological polar surface area (TPSA) is 264 Å². The predicted molar refractivity (Wildman–Crippen MR) is 320 cm³/mol. The van der Waals surface area contributed by atoms with Gasteiger partial charge in [0.15, 0.2) is 5.75 Å². The van der Waals surface area contributed by atoms with Crippen LogP contribution in [0.1, 0.15) is 99.6 Å². The lowest BCUT2D eigenvalue weighted by Gasteiger charge is -2.32. The normalized spacial score (nSPS) is 20.8. The van der Waals surface area contributed by atoms with E-state index in [0.29, 0.717) is 77.7 Å². The number of aliphatic hydroxyl groups excluding tert-OH is 2. The number of carbonyl (C=O) groups is 2. The van der Waals surface area contributed by atoms with E-state index in [2.05, 4.69) is 47.2 Å². The monoisotopic (exact) mass is 1190 g/mol. The zero-order valence-corrected chi connectivity index (χ0v) is 49.5. The van der Waals surface area contributed by atoms with E-state index in [1.807, 2.05) is 80.1 Å². The van der Waals surface area contributed by atoms with Crippen LogP contribution in [0.4, 0.5) is 10.2 Å². The number of aliphatic hydroxyl groups is 2. The number of piperazine rings is 1. The first-order valence-electron chi connectivity index (χ1n) is 29.8. The summed E-state index contributed by atoms with van der Waals surface area (Å²) in [5.74, 6) is -0.201. The number of aromatic nitrogens is 9. The minimum absolute atomic E-state index is 0.0266. The van der Waals surface area contributed by atoms with Crippen molar-refractivity contribution < 1.29 is 42.1 Å². The van der Waals surface area contributed by atoms with Gasteiger partial charge in [-0.15, -0.1) is 5.10 Å². The summed E-state index contributed by atoms with van der Waals surface area (Å²) in [6.07, 6.45) is 8.92. The standard InChI is InChI=1S/C62H71FN14O8S/c1-6-76-52(17-20-66-76)40-15-13-39(14-16-40)51(32-78)67-60(80)53-24-43(79)30-75(53)61(81)57(34(2)3)77-31-50(71-72-77)38-9-7-36(8-10-38)33-84-58-55(54-35(4)48(63)26-49-47(54)28-65-70-49)45(37-11-12-37)25-46-56(58)68-62(69-59(46)74-29-41-23-42(74)27-64-41)85-44-18-21-73(22-19-44)86(5,82)83/h7-10,13-17,20,25-26,28,31,34,37,41-44,51,53,57,64,78-79H,6,11-12,18-19,21-24,27,29-30,32-33H2,1-5H3,(H,65,70)(H,67,80)/t41-,42-,43+,51-,53-,57-/m0/s1. The third-order valence-electron chi connectivity index (χ3n) is 17.9. The molecule has 22 nitrogen and oxygen atoms in total. The van der Waals surface area contributed by atoms with Crippen molar-refractivity contribution in [2.45, 2.75) is 128 Å². The zero-order chi connectivity index (χ0) is 59.7. The SMILES string of the molecule is CCn1nccc1-c1ccc([C@H](CO)NC(=O)[C@@H]2C[C@@H](O)CN2C(=O)[C@H](C(C)C)n2cc(-c3ccc(COc4c(-c5c(C)c(F)cc6[nH]ncc56)c(C5CC5)cc5c(N6C[C@@H]7C[C@H]6CN7)nc(OC6CCN(S(C)(=O)=O)CC6)nc45)cc3)nn2)cc1. The number of halogens is 1. The quantitative estimate of drug-likeness (QED) is 0.0572. The first kappa shape index (κ1) is 57.2. The summed E-state index contributed by atoms with van der Waals surface area (Å²) in [4.78, 5) is 42.9.